The lowest BCUT2D eigenvalue weighted by Crippen LogP contribution is -2.39. The average molecular weight is 493 g/mol. The lowest BCUT2D eigenvalue weighted by molar-refractivity contribution is 0.0733. The fraction of sp³-hybridized carbons (Fsp3) is 0.500. The van der Waals surface area contributed by atoms with Crippen LogP contribution in [0.3, 0.4) is 0 Å². The molecular weight excluding hydrogens is 465 g/mol. The van der Waals surface area contributed by atoms with Gasteiger partial charge in [-0.05, 0) is 24.4 Å². The number of aliphatic imine (C=N–C) groups is 1. The van der Waals surface area contributed by atoms with Gasteiger partial charge in [-0.25, -0.2) is 0 Å². The molecule has 2 rings (SSSR count). The van der Waals surface area contributed by atoms with Crippen molar-refractivity contribution in [2.75, 3.05) is 46.6 Å². The summed E-state index contributed by atoms with van der Waals surface area (Å²) in [7, 11) is 1.65. The molecule has 1 unspecified atom stereocenters. The van der Waals surface area contributed by atoms with Crippen molar-refractivity contribution < 1.29 is 14.6 Å². The summed E-state index contributed by atoms with van der Waals surface area (Å²) in [5.41, 5.74) is 0. The van der Waals surface area contributed by atoms with Gasteiger partial charge in [-0.1, -0.05) is 18.2 Å². The van der Waals surface area contributed by atoms with E-state index in [9.17, 15) is 5.11 Å². The molecule has 0 saturated carbocycles. The Morgan fingerprint density at radius 3 is 2.77 bits per heavy atom. The zero-order valence-corrected chi connectivity index (χ0v) is 18.4. The molecule has 0 amide bonds. The van der Waals surface area contributed by atoms with Gasteiger partial charge in [0.2, 0.25) is 0 Å². The summed E-state index contributed by atoms with van der Waals surface area (Å²) >= 11 is 1.61. The molecule has 0 bridgehead atoms. The topological polar surface area (TPSA) is 75.1 Å². The number of fused-ring (bicyclic) bond motifs is 1. The van der Waals surface area contributed by atoms with Crippen molar-refractivity contribution in [3.63, 3.8) is 0 Å². The van der Waals surface area contributed by atoms with Crippen LogP contribution >= 0.6 is 35.3 Å². The Morgan fingerprint density at radius 1 is 1.23 bits per heavy atom. The van der Waals surface area contributed by atoms with Crippen molar-refractivity contribution >= 4 is 51.4 Å². The lowest BCUT2D eigenvalue weighted by atomic mass is 10.2. The van der Waals surface area contributed by atoms with Crippen molar-refractivity contribution in [3.05, 3.63) is 35.2 Å². The van der Waals surface area contributed by atoms with E-state index >= 15 is 0 Å². The second-order valence-corrected chi connectivity index (χ2v) is 6.57. The number of nitrogens with zero attached hydrogens (tertiary/aromatic N) is 1. The average Bonchev–Trinajstić information content (AvgIpc) is 3.06. The number of aliphatic hydroxyl groups excluding tert-OH is 1. The largest absolute Gasteiger partial charge is 0.386 e. The SMILES string of the molecule is CCNC(=NCC(O)c1cc2ccccc2s1)NCCOCCOC.I. The van der Waals surface area contributed by atoms with Gasteiger partial charge in [0.05, 0.1) is 26.4 Å². The number of ether oxygens (including phenoxy) is 2. The maximum absolute atomic E-state index is 10.4. The first kappa shape index (κ1) is 23.1. The summed E-state index contributed by atoms with van der Waals surface area (Å²) in [4.78, 5) is 5.40. The lowest BCUT2D eigenvalue weighted by Gasteiger charge is -2.12. The van der Waals surface area contributed by atoms with Crippen LogP contribution in [-0.2, 0) is 9.47 Å². The highest BCUT2D eigenvalue weighted by atomic mass is 127. The second-order valence-electron chi connectivity index (χ2n) is 5.45. The summed E-state index contributed by atoms with van der Waals surface area (Å²) in [6.45, 7) is 5.48. The minimum atomic E-state index is -0.606. The molecule has 6 nitrogen and oxygen atoms in total. The summed E-state index contributed by atoms with van der Waals surface area (Å²) in [5, 5.41) is 17.9. The molecule has 0 spiro atoms. The molecule has 1 atom stereocenters. The van der Waals surface area contributed by atoms with Crippen LogP contribution in [0.25, 0.3) is 10.1 Å². The van der Waals surface area contributed by atoms with Gasteiger partial charge in [-0.15, -0.1) is 35.3 Å². The van der Waals surface area contributed by atoms with E-state index in [1.54, 1.807) is 18.4 Å². The van der Waals surface area contributed by atoms with Crippen LogP contribution in [0, 0.1) is 0 Å². The first-order valence-corrected chi connectivity index (χ1v) is 9.31. The highest BCUT2D eigenvalue weighted by Crippen LogP contribution is 2.29. The molecule has 3 N–H and O–H groups in total. The van der Waals surface area contributed by atoms with Gasteiger partial charge in [0.25, 0.3) is 0 Å². The monoisotopic (exact) mass is 493 g/mol. The third-order valence-electron chi connectivity index (χ3n) is 3.51. The van der Waals surface area contributed by atoms with Crippen molar-refractivity contribution in [2.24, 2.45) is 4.99 Å². The molecule has 0 aliphatic heterocycles. The third-order valence-corrected chi connectivity index (χ3v) is 4.73. The van der Waals surface area contributed by atoms with E-state index in [0.29, 0.717) is 38.9 Å². The normalized spacial score (nSPS) is 12.7. The molecule has 2 aromatic rings. The maximum Gasteiger partial charge on any atom is 0.191 e. The number of benzene rings is 1. The smallest absolute Gasteiger partial charge is 0.191 e. The van der Waals surface area contributed by atoms with Gasteiger partial charge < -0.3 is 25.2 Å². The second kappa shape index (κ2) is 13.3. The maximum atomic E-state index is 10.4. The molecule has 0 radical (unpaired) electrons. The fourth-order valence-corrected chi connectivity index (χ4v) is 3.30. The highest BCUT2D eigenvalue weighted by molar-refractivity contribution is 14.0. The quantitative estimate of drug-likeness (QED) is 0.206. The summed E-state index contributed by atoms with van der Waals surface area (Å²) in [5.74, 6) is 0.679. The molecule has 0 aliphatic carbocycles. The van der Waals surface area contributed by atoms with E-state index in [-0.39, 0.29) is 24.0 Å². The zero-order chi connectivity index (χ0) is 17.9. The van der Waals surface area contributed by atoms with Crippen LogP contribution in [-0.4, -0.2) is 57.6 Å². The number of halogens is 1. The number of hydrogen-bond donors (Lipinski definition) is 3. The number of rotatable bonds is 10. The summed E-state index contributed by atoms with van der Waals surface area (Å²) in [6.07, 6.45) is -0.606. The van der Waals surface area contributed by atoms with E-state index in [0.717, 1.165) is 16.8 Å². The van der Waals surface area contributed by atoms with Crippen molar-refractivity contribution in [1.29, 1.82) is 0 Å². The van der Waals surface area contributed by atoms with Gasteiger partial charge in [-0.3, -0.25) is 4.99 Å². The molecule has 26 heavy (non-hydrogen) atoms. The number of nitrogens with one attached hydrogen (secondary N) is 2. The Labute approximate surface area is 176 Å². The third kappa shape index (κ3) is 7.75. The summed E-state index contributed by atoms with van der Waals surface area (Å²) < 4.78 is 11.5. The van der Waals surface area contributed by atoms with Gasteiger partial charge in [0, 0.05) is 29.8 Å². The minimum Gasteiger partial charge on any atom is -0.386 e. The van der Waals surface area contributed by atoms with Gasteiger partial charge in [0.1, 0.15) is 6.10 Å². The van der Waals surface area contributed by atoms with Gasteiger partial charge in [0.15, 0.2) is 5.96 Å². The van der Waals surface area contributed by atoms with Gasteiger partial charge >= 0.3 is 0 Å². The number of hydrogen-bond acceptors (Lipinski definition) is 5. The van der Waals surface area contributed by atoms with E-state index in [1.807, 2.05) is 25.1 Å². The van der Waals surface area contributed by atoms with E-state index in [2.05, 4.69) is 27.8 Å². The van der Waals surface area contributed by atoms with E-state index < -0.39 is 6.10 Å². The highest BCUT2D eigenvalue weighted by Gasteiger charge is 2.11. The van der Waals surface area contributed by atoms with E-state index in [1.165, 1.54) is 4.70 Å². The molecule has 1 heterocycles. The minimum absolute atomic E-state index is 0. The Balaban J connectivity index is 0.00000338. The molecule has 8 heteroatoms. The Morgan fingerprint density at radius 2 is 2.04 bits per heavy atom. The zero-order valence-electron chi connectivity index (χ0n) is 15.2. The Bertz CT molecular complexity index is 633. The van der Waals surface area contributed by atoms with Crippen LogP contribution in [0.1, 0.15) is 17.9 Å². The fourth-order valence-electron chi connectivity index (χ4n) is 2.26. The van der Waals surface area contributed by atoms with Crippen molar-refractivity contribution in [3.8, 4) is 0 Å². The molecule has 0 saturated heterocycles. The summed E-state index contributed by atoms with van der Waals surface area (Å²) in [6, 6.07) is 10.2. The van der Waals surface area contributed by atoms with Crippen molar-refractivity contribution in [1.82, 2.24) is 10.6 Å². The van der Waals surface area contributed by atoms with Gasteiger partial charge in [-0.2, -0.15) is 0 Å². The molecule has 146 valence electrons. The van der Waals surface area contributed by atoms with Crippen LogP contribution < -0.4 is 10.6 Å². The first-order chi connectivity index (χ1) is 12.2. The first-order valence-electron chi connectivity index (χ1n) is 8.50. The van der Waals surface area contributed by atoms with Crippen LogP contribution in [0.15, 0.2) is 35.3 Å². The number of thiophene rings is 1. The number of methoxy groups -OCH3 is 1. The predicted octanol–water partition coefficient (Wildman–Crippen LogP) is 2.77. The Kier molecular flexibility index (Phi) is 11.8. The number of guanidine groups is 1. The van der Waals surface area contributed by atoms with Crippen LogP contribution in [0.2, 0.25) is 0 Å². The molecule has 1 aromatic heterocycles. The molecular formula is C18H28IN3O3S. The molecule has 0 fully saturated rings. The molecule has 1 aromatic carbocycles. The standard InChI is InChI=1S/C18H27N3O3S.HI/c1-3-19-18(20-8-9-24-11-10-23-2)21-13-15(22)17-12-14-6-4-5-7-16(14)25-17;/h4-7,12,15,22H,3,8-11,13H2,1-2H3,(H2,19,20,21);1H. The van der Waals surface area contributed by atoms with Crippen LogP contribution in [0.5, 0.6) is 0 Å². The van der Waals surface area contributed by atoms with Crippen LogP contribution in [0.4, 0.5) is 0 Å². The van der Waals surface area contributed by atoms with E-state index in [4.69, 9.17) is 9.47 Å². The number of aliphatic hydroxyl groups is 1. The van der Waals surface area contributed by atoms with Crippen molar-refractivity contribution in [2.45, 2.75) is 13.0 Å². The predicted molar refractivity (Wildman–Crippen MR) is 119 cm³/mol. The Hall–Kier alpha value is -0.940. The molecule has 0 aliphatic rings.